The maximum Gasteiger partial charge on any atom is 0.387 e. The predicted octanol–water partition coefficient (Wildman–Crippen LogP) is 3.00. The van der Waals surface area contributed by atoms with Crippen LogP contribution in [-0.4, -0.2) is 13.2 Å². The van der Waals surface area contributed by atoms with Crippen molar-refractivity contribution < 1.29 is 13.5 Å². The SMILES string of the molecule is NC[C@@H]1C[C@H]1c1ccc(OC(F)F)c(Cl)c1. The molecule has 0 radical (unpaired) electrons. The summed E-state index contributed by atoms with van der Waals surface area (Å²) >= 11 is 5.85. The molecule has 2 atom stereocenters. The van der Waals surface area contributed by atoms with E-state index in [1.54, 1.807) is 12.1 Å². The molecular weight excluding hydrogens is 236 g/mol. The smallest absolute Gasteiger partial charge is 0.387 e. The Morgan fingerprint density at radius 2 is 2.25 bits per heavy atom. The lowest BCUT2D eigenvalue weighted by molar-refractivity contribution is -0.0497. The largest absolute Gasteiger partial charge is 0.433 e. The minimum atomic E-state index is -2.85. The summed E-state index contributed by atoms with van der Waals surface area (Å²) in [5.74, 6) is 0.936. The summed E-state index contributed by atoms with van der Waals surface area (Å²) in [6, 6.07) is 4.93. The number of hydrogen-bond donors (Lipinski definition) is 1. The first-order chi connectivity index (χ1) is 7.61. The van der Waals surface area contributed by atoms with Gasteiger partial charge in [0.2, 0.25) is 0 Å². The zero-order chi connectivity index (χ0) is 11.7. The van der Waals surface area contributed by atoms with Crippen molar-refractivity contribution >= 4 is 11.6 Å². The summed E-state index contributed by atoms with van der Waals surface area (Å²) in [5, 5.41) is 0.223. The Morgan fingerprint density at radius 1 is 1.50 bits per heavy atom. The standard InChI is InChI=1S/C11H12ClF2NO/c12-9-4-6(8-3-7(8)5-15)1-2-10(9)16-11(13)14/h1-2,4,7-8,11H,3,5,15H2/t7-,8-/m0/s1. The minimum Gasteiger partial charge on any atom is -0.433 e. The molecule has 0 spiro atoms. The van der Waals surface area contributed by atoms with E-state index in [-0.39, 0.29) is 10.8 Å². The van der Waals surface area contributed by atoms with Gasteiger partial charge in [-0.1, -0.05) is 17.7 Å². The van der Waals surface area contributed by atoms with Crippen LogP contribution in [0, 0.1) is 5.92 Å². The van der Waals surface area contributed by atoms with Crippen molar-refractivity contribution in [3.8, 4) is 5.75 Å². The predicted molar refractivity (Wildman–Crippen MR) is 58.0 cm³/mol. The van der Waals surface area contributed by atoms with Gasteiger partial charge < -0.3 is 10.5 Å². The highest BCUT2D eigenvalue weighted by Crippen LogP contribution is 2.47. The Kier molecular flexibility index (Phi) is 3.30. The van der Waals surface area contributed by atoms with E-state index in [0.717, 1.165) is 12.0 Å². The molecule has 2 rings (SSSR count). The molecule has 1 fully saturated rings. The number of alkyl halides is 2. The van der Waals surface area contributed by atoms with Crippen molar-refractivity contribution in [3.63, 3.8) is 0 Å². The van der Waals surface area contributed by atoms with E-state index in [1.807, 2.05) is 0 Å². The van der Waals surface area contributed by atoms with Gasteiger partial charge in [0.1, 0.15) is 5.75 Å². The second-order valence-electron chi connectivity index (χ2n) is 3.91. The monoisotopic (exact) mass is 247 g/mol. The van der Waals surface area contributed by atoms with Gasteiger partial charge in [-0.15, -0.1) is 0 Å². The van der Waals surface area contributed by atoms with Crippen LogP contribution >= 0.6 is 11.6 Å². The van der Waals surface area contributed by atoms with Gasteiger partial charge in [0.25, 0.3) is 0 Å². The first-order valence-electron chi connectivity index (χ1n) is 5.06. The Labute approximate surface area is 97.3 Å². The topological polar surface area (TPSA) is 35.2 Å². The first-order valence-corrected chi connectivity index (χ1v) is 5.44. The molecule has 0 heterocycles. The van der Waals surface area contributed by atoms with Gasteiger partial charge in [0.15, 0.2) is 0 Å². The number of rotatable bonds is 4. The molecule has 1 aromatic carbocycles. The van der Waals surface area contributed by atoms with Crippen LogP contribution in [0.1, 0.15) is 17.9 Å². The van der Waals surface area contributed by atoms with Crippen LogP contribution < -0.4 is 10.5 Å². The van der Waals surface area contributed by atoms with E-state index < -0.39 is 6.61 Å². The maximum absolute atomic E-state index is 12.0. The quantitative estimate of drug-likeness (QED) is 0.888. The van der Waals surface area contributed by atoms with E-state index in [2.05, 4.69) is 4.74 Å². The van der Waals surface area contributed by atoms with E-state index in [0.29, 0.717) is 18.4 Å². The van der Waals surface area contributed by atoms with E-state index >= 15 is 0 Å². The summed E-state index contributed by atoms with van der Waals surface area (Å²) < 4.78 is 28.2. The van der Waals surface area contributed by atoms with Gasteiger partial charge in [0, 0.05) is 0 Å². The van der Waals surface area contributed by atoms with Gasteiger partial charge in [0.05, 0.1) is 5.02 Å². The van der Waals surface area contributed by atoms with Crippen LogP contribution in [0.25, 0.3) is 0 Å². The molecule has 5 heteroatoms. The fraction of sp³-hybridized carbons (Fsp3) is 0.455. The van der Waals surface area contributed by atoms with Crippen molar-refractivity contribution in [1.29, 1.82) is 0 Å². The fourth-order valence-electron chi connectivity index (χ4n) is 1.86. The van der Waals surface area contributed by atoms with Gasteiger partial charge in [-0.2, -0.15) is 8.78 Å². The lowest BCUT2D eigenvalue weighted by Gasteiger charge is -2.08. The van der Waals surface area contributed by atoms with Gasteiger partial charge >= 0.3 is 6.61 Å². The molecule has 0 unspecified atom stereocenters. The third kappa shape index (κ3) is 2.44. The zero-order valence-corrected chi connectivity index (χ0v) is 9.25. The molecule has 16 heavy (non-hydrogen) atoms. The molecule has 2 nitrogen and oxygen atoms in total. The van der Waals surface area contributed by atoms with Gasteiger partial charge in [-0.3, -0.25) is 0 Å². The highest BCUT2D eigenvalue weighted by molar-refractivity contribution is 6.32. The molecule has 1 aromatic rings. The third-order valence-corrected chi connectivity index (χ3v) is 3.12. The molecule has 0 aliphatic heterocycles. The molecule has 2 N–H and O–H groups in total. The van der Waals surface area contributed by atoms with E-state index in [9.17, 15) is 8.78 Å². The average molecular weight is 248 g/mol. The maximum atomic E-state index is 12.0. The summed E-state index contributed by atoms with van der Waals surface area (Å²) in [6.07, 6.45) is 1.04. The van der Waals surface area contributed by atoms with Crippen LogP contribution in [-0.2, 0) is 0 Å². The van der Waals surface area contributed by atoms with Crippen LogP contribution in [0.3, 0.4) is 0 Å². The summed E-state index contributed by atoms with van der Waals surface area (Å²) in [7, 11) is 0. The van der Waals surface area contributed by atoms with Crippen LogP contribution in [0.4, 0.5) is 8.78 Å². The number of benzene rings is 1. The van der Waals surface area contributed by atoms with Crippen molar-refractivity contribution in [1.82, 2.24) is 0 Å². The van der Waals surface area contributed by atoms with Crippen molar-refractivity contribution in [2.75, 3.05) is 6.54 Å². The fourth-order valence-corrected chi connectivity index (χ4v) is 2.09. The van der Waals surface area contributed by atoms with Crippen molar-refractivity contribution in [2.45, 2.75) is 19.0 Å². The Hall–Kier alpha value is -0.870. The highest BCUT2D eigenvalue weighted by atomic mass is 35.5. The number of hydrogen-bond acceptors (Lipinski definition) is 2. The van der Waals surface area contributed by atoms with Crippen LogP contribution in [0.15, 0.2) is 18.2 Å². The number of halogens is 3. The highest BCUT2D eigenvalue weighted by Gasteiger charge is 2.37. The molecule has 1 aliphatic carbocycles. The van der Waals surface area contributed by atoms with Crippen LogP contribution in [0.2, 0.25) is 5.02 Å². The Morgan fingerprint density at radius 3 is 2.75 bits per heavy atom. The van der Waals surface area contributed by atoms with Crippen LogP contribution in [0.5, 0.6) is 5.75 Å². The Bertz CT molecular complexity index is 386. The van der Waals surface area contributed by atoms with Crippen molar-refractivity contribution in [3.05, 3.63) is 28.8 Å². The van der Waals surface area contributed by atoms with Crippen molar-refractivity contribution in [2.24, 2.45) is 11.7 Å². The molecular formula is C11H12ClF2NO. The summed E-state index contributed by atoms with van der Waals surface area (Å²) in [5.41, 5.74) is 6.58. The third-order valence-electron chi connectivity index (χ3n) is 2.83. The molecule has 0 saturated heterocycles. The molecule has 1 saturated carbocycles. The molecule has 1 aliphatic rings. The number of nitrogens with two attached hydrogens (primary N) is 1. The average Bonchev–Trinajstić information content (AvgIpc) is 2.99. The van der Waals surface area contributed by atoms with E-state index in [4.69, 9.17) is 17.3 Å². The van der Waals surface area contributed by atoms with Gasteiger partial charge in [-0.25, -0.2) is 0 Å². The molecule has 0 bridgehead atoms. The summed E-state index contributed by atoms with van der Waals surface area (Å²) in [4.78, 5) is 0. The summed E-state index contributed by atoms with van der Waals surface area (Å²) in [6.45, 7) is -2.20. The lowest BCUT2D eigenvalue weighted by atomic mass is 10.1. The van der Waals surface area contributed by atoms with Gasteiger partial charge in [-0.05, 0) is 42.5 Å². The van der Waals surface area contributed by atoms with E-state index in [1.165, 1.54) is 6.07 Å². The molecule has 88 valence electrons. The molecule has 0 amide bonds. The Balaban J connectivity index is 2.11. The first kappa shape index (κ1) is 11.6. The lowest BCUT2D eigenvalue weighted by Crippen LogP contribution is -2.03. The zero-order valence-electron chi connectivity index (χ0n) is 8.50. The number of ether oxygens (including phenoxy) is 1. The second-order valence-corrected chi connectivity index (χ2v) is 4.31. The molecule has 0 aromatic heterocycles. The second kappa shape index (κ2) is 4.55. The normalized spacial score (nSPS) is 23.6. The minimum absolute atomic E-state index is 0.0189.